The van der Waals surface area contributed by atoms with Gasteiger partial charge in [-0.3, -0.25) is 9.10 Å². The molecule has 3 aromatic rings. The number of sulfonamides is 1. The number of aromatic nitrogens is 1. The SMILES string of the molecule is Cc1cccc(NC(=O)C2=C(O)c3sc4ccccc4c3S(=O)(=O)N2C)n1. The number of likely N-dealkylation sites (N-methyl/N-ethyl adjacent to an activating group) is 1. The molecule has 1 aliphatic heterocycles. The number of benzene rings is 1. The lowest BCUT2D eigenvalue weighted by atomic mass is 10.2. The van der Waals surface area contributed by atoms with Crippen LogP contribution in [0.15, 0.2) is 53.1 Å². The molecule has 0 bridgehead atoms. The van der Waals surface area contributed by atoms with Gasteiger partial charge >= 0.3 is 0 Å². The Morgan fingerprint density at radius 1 is 1.19 bits per heavy atom. The zero-order valence-corrected chi connectivity index (χ0v) is 16.1. The number of pyridine rings is 1. The largest absolute Gasteiger partial charge is 0.504 e. The van der Waals surface area contributed by atoms with Gasteiger partial charge in [-0.05, 0) is 25.1 Å². The Labute approximate surface area is 159 Å². The number of carbonyl (C=O) groups is 1. The van der Waals surface area contributed by atoms with Gasteiger partial charge in [-0.1, -0.05) is 24.3 Å². The summed E-state index contributed by atoms with van der Waals surface area (Å²) in [7, 11) is -2.74. The van der Waals surface area contributed by atoms with E-state index in [1.807, 2.05) is 0 Å². The molecule has 3 heterocycles. The molecule has 0 fully saturated rings. The summed E-state index contributed by atoms with van der Waals surface area (Å²) in [5.74, 6) is -0.846. The lowest BCUT2D eigenvalue weighted by Crippen LogP contribution is -2.36. The van der Waals surface area contributed by atoms with E-state index in [4.69, 9.17) is 0 Å². The van der Waals surface area contributed by atoms with Crippen molar-refractivity contribution in [1.82, 2.24) is 9.29 Å². The van der Waals surface area contributed by atoms with E-state index in [-0.39, 0.29) is 27.0 Å². The molecule has 1 aliphatic rings. The highest BCUT2D eigenvalue weighted by Gasteiger charge is 2.40. The Morgan fingerprint density at radius 2 is 1.93 bits per heavy atom. The Balaban J connectivity index is 1.87. The molecule has 0 aliphatic carbocycles. The van der Waals surface area contributed by atoms with Gasteiger partial charge in [0.25, 0.3) is 15.9 Å². The molecule has 0 atom stereocenters. The first-order valence-electron chi connectivity index (χ1n) is 8.00. The lowest BCUT2D eigenvalue weighted by Gasteiger charge is -2.26. The van der Waals surface area contributed by atoms with Crippen LogP contribution < -0.4 is 5.32 Å². The molecule has 7 nitrogen and oxygen atoms in total. The predicted molar refractivity (Wildman–Crippen MR) is 104 cm³/mol. The van der Waals surface area contributed by atoms with Crippen molar-refractivity contribution in [3.63, 3.8) is 0 Å². The second kappa shape index (κ2) is 6.07. The highest BCUT2D eigenvalue weighted by molar-refractivity contribution is 7.89. The quantitative estimate of drug-likeness (QED) is 0.687. The molecule has 9 heteroatoms. The molecule has 2 aromatic heterocycles. The monoisotopic (exact) mass is 401 g/mol. The summed E-state index contributed by atoms with van der Waals surface area (Å²) >= 11 is 1.13. The molecule has 0 spiro atoms. The number of amides is 1. The van der Waals surface area contributed by atoms with Gasteiger partial charge in [-0.15, -0.1) is 11.3 Å². The number of hydrogen-bond acceptors (Lipinski definition) is 6. The fourth-order valence-corrected chi connectivity index (χ4v) is 6.00. The van der Waals surface area contributed by atoms with Crippen LogP contribution in [0.1, 0.15) is 10.6 Å². The highest BCUT2D eigenvalue weighted by atomic mass is 32.2. The van der Waals surface area contributed by atoms with Gasteiger partial charge in [-0.2, -0.15) is 0 Å². The third-order valence-corrected chi connectivity index (χ3v) is 7.42. The third kappa shape index (κ3) is 2.66. The van der Waals surface area contributed by atoms with Crippen LogP contribution >= 0.6 is 11.3 Å². The molecule has 0 unspecified atom stereocenters. The average molecular weight is 401 g/mol. The lowest BCUT2D eigenvalue weighted by molar-refractivity contribution is -0.113. The molecule has 0 radical (unpaired) electrons. The highest BCUT2D eigenvalue weighted by Crippen LogP contribution is 2.44. The molecule has 1 amide bonds. The zero-order chi connectivity index (χ0) is 19.3. The predicted octanol–water partition coefficient (Wildman–Crippen LogP) is 3.10. The van der Waals surface area contributed by atoms with E-state index in [2.05, 4.69) is 10.3 Å². The maximum absolute atomic E-state index is 13.0. The maximum atomic E-state index is 13.0. The number of aryl methyl sites for hydroxylation is 1. The normalized spacial score (nSPS) is 15.7. The van der Waals surface area contributed by atoms with Crippen molar-refractivity contribution in [2.75, 3.05) is 12.4 Å². The van der Waals surface area contributed by atoms with Gasteiger partial charge in [0.2, 0.25) is 0 Å². The fourth-order valence-electron chi connectivity index (χ4n) is 2.99. The van der Waals surface area contributed by atoms with E-state index in [1.165, 1.54) is 7.05 Å². The van der Waals surface area contributed by atoms with Crippen LogP contribution in [-0.2, 0) is 14.8 Å². The van der Waals surface area contributed by atoms with Crippen molar-refractivity contribution < 1.29 is 18.3 Å². The van der Waals surface area contributed by atoms with Gasteiger partial charge in [0.1, 0.15) is 10.7 Å². The third-order valence-electron chi connectivity index (χ3n) is 4.27. The van der Waals surface area contributed by atoms with Gasteiger partial charge < -0.3 is 10.4 Å². The van der Waals surface area contributed by atoms with Gasteiger partial charge in [0, 0.05) is 22.8 Å². The maximum Gasteiger partial charge on any atom is 0.278 e. The average Bonchev–Trinajstić information content (AvgIpc) is 3.01. The second-order valence-corrected chi connectivity index (χ2v) is 9.00. The van der Waals surface area contributed by atoms with Crippen molar-refractivity contribution in [1.29, 1.82) is 0 Å². The smallest absolute Gasteiger partial charge is 0.278 e. The van der Waals surface area contributed by atoms with Crippen molar-refractivity contribution in [2.45, 2.75) is 11.8 Å². The Bertz CT molecular complexity index is 1230. The van der Waals surface area contributed by atoms with Crippen molar-refractivity contribution in [2.24, 2.45) is 0 Å². The van der Waals surface area contributed by atoms with Crippen LogP contribution in [0.4, 0.5) is 5.82 Å². The topological polar surface area (TPSA) is 99.6 Å². The van der Waals surface area contributed by atoms with E-state index in [0.717, 1.165) is 15.6 Å². The molecule has 0 saturated carbocycles. The van der Waals surface area contributed by atoms with Crippen molar-refractivity contribution in [3.8, 4) is 0 Å². The van der Waals surface area contributed by atoms with E-state index in [9.17, 15) is 18.3 Å². The first kappa shape index (κ1) is 17.5. The summed E-state index contributed by atoms with van der Waals surface area (Å²) in [4.78, 5) is 17.1. The summed E-state index contributed by atoms with van der Waals surface area (Å²) in [6, 6.07) is 12.1. The number of thiophene rings is 1. The first-order valence-corrected chi connectivity index (χ1v) is 10.3. The summed E-state index contributed by atoms with van der Waals surface area (Å²) in [6.45, 7) is 1.77. The molecule has 4 rings (SSSR count). The molecule has 138 valence electrons. The van der Waals surface area contributed by atoms with Crippen LogP contribution in [0.5, 0.6) is 0 Å². The minimum absolute atomic E-state index is 0.0216. The Kier molecular flexibility index (Phi) is 3.93. The van der Waals surface area contributed by atoms with Crippen LogP contribution in [0.3, 0.4) is 0 Å². The zero-order valence-electron chi connectivity index (χ0n) is 14.4. The van der Waals surface area contributed by atoms with Gasteiger partial charge in [0.15, 0.2) is 11.5 Å². The molecule has 27 heavy (non-hydrogen) atoms. The van der Waals surface area contributed by atoms with E-state index < -0.39 is 15.9 Å². The van der Waals surface area contributed by atoms with Crippen LogP contribution in [0.2, 0.25) is 0 Å². The standard InChI is InChI=1S/C18H15N3O4S2/c1-10-6-5-9-13(19-10)20-18(23)14-15(22)16-17(27(24,25)21(14)2)11-7-3-4-8-12(11)26-16/h3-9,22H,1-2H3,(H,19,20,23). The number of aliphatic hydroxyl groups excluding tert-OH is 1. The van der Waals surface area contributed by atoms with Crippen LogP contribution in [0, 0.1) is 6.92 Å². The second-order valence-electron chi connectivity index (χ2n) is 6.04. The molecular formula is C18H15N3O4S2. The van der Waals surface area contributed by atoms with Gasteiger partial charge in [0.05, 0.1) is 4.88 Å². The number of rotatable bonds is 2. The number of aliphatic hydroxyl groups is 1. The summed E-state index contributed by atoms with van der Waals surface area (Å²) < 4.78 is 27.6. The Morgan fingerprint density at radius 3 is 2.67 bits per heavy atom. The van der Waals surface area contributed by atoms with E-state index in [0.29, 0.717) is 15.8 Å². The van der Waals surface area contributed by atoms with Crippen LogP contribution in [-0.4, -0.2) is 35.8 Å². The van der Waals surface area contributed by atoms with Crippen molar-refractivity contribution in [3.05, 3.63) is 58.7 Å². The fraction of sp³-hybridized carbons (Fsp3) is 0.111. The minimum Gasteiger partial charge on any atom is -0.504 e. The van der Waals surface area contributed by atoms with Crippen LogP contribution in [0.25, 0.3) is 15.8 Å². The number of fused-ring (bicyclic) bond motifs is 3. The molecule has 2 N–H and O–H groups in total. The molecule has 1 aromatic carbocycles. The summed E-state index contributed by atoms with van der Waals surface area (Å²) in [5, 5.41) is 13.8. The van der Waals surface area contributed by atoms with E-state index in [1.54, 1.807) is 49.4 Å². The van der Waals surface area contributed by atoms with Crippen molar-refractivity contribution >= 4 is 48.9 Å². The number of nitrogens with zero attached hydrogens (tertiary/aromatic N) is 2. The molecular weight excluding hydrogens is 386 g/mol. The summed E-state index contributed by atoms with van der Waals surface area (Å²) in [6.07, 6.45) is 0. The number of anilines is 1. The first-order chi connectivity index (χ1) is 12.8. The Hall–Kier alpha value is -2.91. The number of nitrogens with one attached hydrogen (secondary N) is 1. The summed E-state index contributed by atoms with van der Waals surface area (Å²) in [5.41, 5.74) is 0.361. The number of carbonyl (C=O) groups excluding carboxylic acids is 1. The minimum atomic E-state index is -3.99. The number of hydrogen-bond donors (Lipinski definition) is 2. The van der Waals surface area contributed by atoms with E-state index >= 15 is 0 Å². The molecule has 0 saturated heterocycles. The van der Waals surface area contributed by atoms with Gasteiger partial charge in [-0.25, -0.2) is 13.4 Å².